The van der Waals surface area contributed by atoms with Crippen LogP contribution < -0.4 is 0 Å². The molecule has 2 aliphatic rings. The Kier molecular flexibility index (Phi) is 2.85. The van der Waals surface area contributed by atoms with Gasteiger partial charge in [-0.05, 0) is 39.0 Å². The minimum Gasteiger partial charge on any atom is -0.391 e. The molecule has 0 spiro atoms. The van der Waals surface area contributed by atoms with Gasteiger partial charge in [-0.1, -0.05) is 12.8 Å². The number of nitrogens with zero attached hydrogens (tertiary/aromatic N) is 1. The third kappa shape index (κ3) is 1.82. The Labute approximate surface area is 87.3 Å². The van der Waals surface area contributed by atoms with E-state index in [-0.39, 0.29) is 11.6 Å². The largest absolute Gasteiger partial charge is 0.391 e. The highest BCUT2D eigenvalue weighted by Crippen LogP contribution is 2.33. The Bertz CT molecular complexity index is 196. The molecule has 0 aromatic carbocycles. The fourth-order valence-corrected chi connectivity index (χ4v) is 2.96. The van der Waals surface area contributed by atoms with Gasteiger partial charge >= 0.3 is 0 Å². The molecule has 1 aliphatic carbocycles. The molecule has 1 N–H and O–H groups in total. The van der Waals surface area contributed by atoms with Crippen LogP contribution in [0.3, 0.4) is 0 Å². The molecular formula is C12H23NO. The fourth-order valence-electron chi connectivity index (χ4n) is 2.96. The van der Waals surface area contributed by atoms with Crippen LogP contribution in [0.1, 0.15) is 46.0 Å². The van der Waals surface area contributed by atoms with E-state index >= 15 is 0 Å². The second kappa shape index (κ2) is 3.82. The molecule has 0 bridgehead atoms. The smallest absolute Gasteiger partial charge is 0.0730 e. The lowest BCUT2D eigenvalue weighted by molar-refractivity contribution is 0.0467. The van der Waals surface area contributed by atoms with Crippen LogP contribution in [0.5, 0.6) is 0 Å². The van der Waals surface area contributed by atoms with E-state index in [1.807, 2.05) is 0 Å². The van der Waals surface area contributed by atoms with Crippen LogP contribution in [-0.2, 0) is 0 Å². The molecule has 1 unspecified atom stereocenters. The molecule has 1 saturated heterocycles. The predicted octanol–water partition coefficient (Wildman–Crippen LogP) is 2.02. The molecule has 1 atom stereocenters. The van der Waals surface area contributed by atoms with Crippen molar-refractivity contribution in [3.05, 3.63) is 0 Å². The highest BCUT2D eigenvalue weighted by Gasteiger charge is 2.40. The van der Waals surface area contributed by atoms with Crippen LogP contribution >= 0.6 is 0 Å². The van der Waals surface area contributed by atoms with E-state index in [2.05, 4.69) is 18.7 Å². The standard InChI is InChI=1S/C12H23NO/c1-12(2)11(14)7-8-13(12)9-10-5-3-4-6-10/h10-11,14H,3-9H2,1-2H3. The molecule has 2 fully saturated rings. The maximum atomic E-state index is 9.86. The lowest BCUT2D eigenvalue weighted by Gasteiger charge is -2.35. The van der Waals surface area contributed by atoms with Gasteiger partial charge < -0.3 is 5.11 Å². The lowest BCUT2D eigenvalue weighted by atomic mass is 9.97. The van der Waals surface area contributed by atoms with E-state index in [9.17, 15) is 5.11 Å². The first-order chi connectivity index (χ1) is 6.60. The van der Waals surface area contributed by atoms with Crippen molar-refractivity contribution < 1.29 is 5.11 Å². The molecule has 0 radical (unpaired) electrons. The van der Waals surface area contributed by atoms with Crippen molar-refractivity contribution in [2.75, 3.05) is 13.1 Å². The second-order valence-corrected chi connectivity index (χ2v) is 5.55. The third-order valence-electron chi connectivity index (χ3n) is 4.26. The Hall–Kier alpha value is -0.0800. The molecule has 2 nitrogen and oxygen atoms in total. The quantitative estimate of drug-likeness (QED) is 0.732. The molecule has 82 valence electrons. The number of hydrogen-bond donors (Lipinski definition) is 1. The van der Waals surface area contributed by atoms with Crippen molar-refractivity contribution >= 4 is 0 Å². The van der Waals surface area contributed by atoms with Crippen molar-refractivity contribution in [1.29, 1.82) is 0 Å². The van der Waals surface area contributed by atoms with Gasteiger partial charge in [-0.15, -0.1) is 0 Å². The maximum Gasteiger partial charge on any atom is 0.0730 e. The van der Waals surface area contributed by atoms with E-state index in [1.54, 1.807) is 0 Å². The van der Waals surface area contributed by atoms with E-state index in [4.69, 9.17) is 0 Å². The number of aliphatic hydroxyl groups excluding tert-OH is 1. The highest BCUT2D eigenvalue weighted by molar-refractivity contribution is 4.96. The molecule has 1 heterocycles. The van der Waals surface area contributed by atoms with Crippen molar-refractivity contribution in [1.82, 2.24) is 4.90 Å². The van der Waals surface area contributed by atoms with Gasteiger partial charge in [0, 0.05) is 18.6 Å². The Morgan fingerprint density at radius 2 is 1.86 bits per heavy atom. The number of rotatable bonds is 2. The summed E-state index contributed by atoms with van der Waals surface area (Å²) in [6.45, 7) is 6.66. The Morgan fingerprint density at radius 1 is 1.21 bits per heavy atom. The minimum absolute atomic E-state index is 0.0165. The summed E-state index contributed by atoms with van der Waals surface area (Å²) in [5.74, 6) is 0.902. The lowest BCUT2D eigenvalue weighted by Crippen LogP contribution is -2.46. The Morgan fingerprint density at radius 3 is 2.36 bits per heavy atom. The van der Waals surface area contributed by atoms with Crippen molar-refractivity contribution in [2.45, 2.75) is 57.6 Å². The van der Waals surface area contributed by atoms with Gasteiger partial charge in [0.05, 0.1) is 6.10 Å². The van der Waals surface area contributed by atoms with Crippen molar-refractivity contribution in [3.8, 4) is 0 Å². The van der Waals surface area contributed by atoms with Gasteiger partial charge in [-0.3, -0.25) is 4.90 Å². The van der Waals surface area contributed by atoms with E-state index in [0.717, 1.165) is 18.9 Å². The van der Waals surface area contributed by atoms with Gasteiger partial charge in [0.25, 0.3) is 0 Å². The first-order valence-electron chi connectivity index (χ1n) is 6.04. The SMILES string of the molecule is CC1(C)C(O)CCN1CC1CCCC1. The van der Waals surface area contributed by atoms with Gasteiger partial charge in [-0.2, -0.15) is 0 Å². The summed E-state index contributed by atoms with van der Waals surface area (Å²) in [5.41, 5.74) is 0.0165. The van der Waals surface area contributed by atoms with Crippen LogP contribution in [0.25, 0.3) is 0 Å². The van der Waals surface area contributed by atoms with Gasteiger partial charge in [0.1, 0.15) is 0 Å². The molecule has 0 aromatic heterocycles. The molecule has 0 amide bonds. The highest BCUT2D eigenvalue weighted by atomic mass is 16.3. The van der Waals surface area contributed by atoms with Crippen molar-refractivity contribution in [3.63, 3.8) is 0 Å². The minimum atomic E-state index is -0.121. The normalized spacial score (nSPS) is 34.1. The zero-order valence-electron chi connectivity index (χ0n) is 9.50. The molecule has 2 heteroatoms. The zero-order chi connectivity index (χ0) is 10.2. The fraction of sp³-hybridized carbons (Fsp3) is 1.00. The zero-order valence-corrected chi connectivity index (χ0v) is 9.50. The summed E-state index contributed by atoms with van der Waals surface area (Å²) in [6, 6.07) is 0. The number of aliphatic hydroxyl groups is 1. The summed E-state index contributed by atoms with van der Waals surface area (Å²) < 4.78 is 0. The average Bonchev–Trinajstić information content (AvgIpc) is 2.70. The average molecular weight is 197 g/mol. The van der Waals surface area contributed by atoms with Crippen LogP contribution in [-0.4, -0.2) is 34.7 Å². The van der Waals surface area contributed by atoms with E-state index in [1.165, 1.54) is 32.2 Å². The molecule has 1 saturated carbocycles. The second-order valence-electron chi connectivity index (χ2n) is 5.55. The first kappa shape index (κ1) is 10.4. The number of likely N-dealkylation sites (tertiary alicyclic amines) is 1. The molecule has 1 aliphatic heterocycles. The van der Waals surface area contributed by atoms with Crippen LogP contribution in [0.4, 0.5) is 0 Å². The summed E-state index contributed by atoms with van der Waals surface area (Å²) in [6.07, 6.45) is 6.48. The Balaban J connectivity index is 1.91. The third-order valence-corrected chi connectivity index (χ3v) is 4.26. The van der Waals surface area contributed by atoms with Crippen LogP contribution in [0.15, 0.2) is 0 Å². The van der Waals surface area contributed by atoms with Crippen molar-refractivity contribution in [2.24, 2.45) is 5.92 Å². The van der Waals surface area contributed by atoms with Gasteiger partial charge in [0.15, 0.2) is 0 Å². The van der Waals surface area contributed by atoms with E-state index in [0.29, 0.717) is 0 Å². The summed E-state index contributed by atoms with van der Waals surface area (Å²) in [5, 5.41) is 9.86. The predicted molar refractivity (Wildman–Crippen MR) is 58.2 cm³/mol. The topological polar surface area (TPSA) is 23.5 Å². The molecule has 14 heavy (non-hydrogen) atoms. The summed E-state index contributed by atoms with van der Waals surface area (Å²) in [4.78, 5) is 2.49. The van der Waals surface area contributed by atoms with Gasteiger partial charge in [0.2, 0.25) is 0 Å². The molecular weight excluding hydrogens is 174 g/mol. The van der Waals surface area contributed by atoms with Gasteiger partial charge in [-0.25, -0.2) is 0 Å². The van der Waals surface area contributed by atoms with E-state index < -0.39 is 0 Å². The number of hydrogen-bond acceptors (Lipinski definition) is 2. The summed E-state index contributed by atoms with van der Waals surface area (Å²) >= 11 is 0. The molecule has 2 rings (SSSR count). The van der Waals surface area contributed by atoms with Crippen LogP contribution in [0, 0.1) is 5.92 Å². The first-order valence-corrected chi connectivity index (χ1v) is 6.04. The maximum absolute atomic E-state index is 9.86. The monoisotopic (exact) mass is 197 g/mol. The summed E-state index contributed by atoms with van der Waals surface area (Å²) in [7, 11) is 0. The molecule has 0 aromatic rings. The van der Waals surface area contributed by atoms with Crippen LogP contribution in [0.2, 0.25) is 0 Å².